The lowest BCUT2D eigenvalue weighted by Gasteiger charge is -2.11. The normalized spacial score (nSPS) is 12.8. The molecule has 0 aliphatic carbocycles. The Balaban J connectivity index is 3.12. The molecule has 0 aromatic heterocycles. The first-order valence-corrected chi connectivity index (χ1v) is 6.70. The number of carboxylic acids is 1. The Morgan fingerprint density at radius 2 is 1.78 bits per heavy atom. The molecule has 0 saturated carbocycles. The molecule has 98 valence electrons. The molecule has 0 saturated heterocycles. The minimum atomic E-state index is -3.49. The number of halogens is 1. The van der Waals surface area contributed by atoms with Gasteiger partial charge in [0.15, 0.2) is 0 Å². The molecule has 0 atom stereocenters. The van der Waals surface area contributed by atoms with E-state index in [-0.39, 0.29) is 9.93 Å². The van der Waals surface area contributed by atoms with Gasteiger partial charge in [-0.2, -0.15) is 0 Å². The summed E-state index contributed by atoms with van der Waals surface area (Å²) in [6, 6.07) is 5.67. The van der Waals surface area contributed by atoms with Crippen molar-refractivity contribution in [2.45, 2.75) is 4.90 Å². The van der Waals surface area contributed by atoms with Gasteiger partial charge in [-0.1, -0.05) is 23.7 Å². The molecule has 1 aromatic carbocycles. The lowest BCUT2D eigenvalue weighted by atomic mass is 10.2. The number of hydrogen-bond donors (Lipinski definition) is 1. The lowest BCUT2D eigenvalue weighted by Crippen LogP contribution is -2.22. The molecular formula is C11H12ClNO4S. The Labute approximate surface area is 110 Å². The zero-order chi connectivity index (χ0) is 13.9. The van der Waals surface area contributed by atoms with E-state index in [0.29, 0.717) is 5.56 Å². The van der Waals surface area contributed by atoms with Gasteiger partial charge in [-0.15, -0.1) is 0 Å². The number of carbonyl (C=O) groups is 1. The average Bonchev–Trinajstić information content (AvgIpc) is 2.28. The van der Waals surface area contributed by atoms with Gasteiger partial charge in [0.05, 0.1) is 9.93 Å². The van der Waals surface area contributed by atoms with Crippen LogP contribution in [0.5, 0.6) is 0 Å². The molecule has 18 heavy (non-hydrogen) atoms. The number of aliphatic carboxylic acids is 1. The minimum absolute atomic E-state index is 0.0382. The Morgan fingerprint density at radius 3 is 2.17 bits per heavy atom. The molecule has 0 radical (unpaired) electrons. The Kier molecular flexibility index (Phi) is 4.50. The topological polar surface area (TPSA) is 74.7 Å². The van der Waals surface area contributed by atoms with Crippen LogP contribution >= 0.6 is 11.6 Å². The molecule has 0 aliphatic heterocycles. The van der Waals surface area contributed by atoms with Crippen LogP contribution in [0.2, 0.25) is 0 Å². The predicted molar refractivity (Wildman–Crippen MR) is 68.8 cm³/mol. The SMILES string of the molecule is CN(C)S(=O)(=O)c1ccc(/C(Cl)=C/C(=O)O)cc1. The second-order valence-corrected chi connectivity index (χ2v) is 6.20. The zero-order valence-corrected chi connectivity index (χ0v) is 11.4. The summed E-state index contributed by atoms with van der Waals surface area (Å²) < 4.78 is 24.6. The first-order chi connectivity index (χ1) is 8.25. The van der Waals surface area contributed by atoms with Crippen molar-refractivity contribution in [3.05, 3.63) is 35.9 Å². The maximum atomic E-state index is 11.8. The van der Waals surface area contributed by atoms with Crippen LogP contribution in [0.4, 0.5) is 0 Å². The summed E-state index contributed by atoms with van der Waals surface area (Å²) in [5, 5.41) is 8.58. The third-order valence-corrected chi connectivity index (χ3v) is 4.32. The summed E-state index contributed by atoms with van der Waals surface area (Å²) in [7, 11) is -0.626. The van der Waals surface area contributed by atoms with Gasteiger partial charge in [-0.3, -0.25) is 0 Å². The van der Waals surface area contributed by atoms with Crippen molar-refractivity contribution >= 4 is 32.6 Å². The molecule has 0 spiro atoms. The van der Waals surface area contributed by atoms with Gasteiger partial charge in [-0.25, -0.2) is 17.5 Å². The highest BCUT2D eigenvalue weighted by atomic mass is 35.5. The van der Waals surface area contributed by atoms with Crippen molar-refractivity contribution < 1.29 is 18.3 Å². The fraction of sp³-hybridized carbons (Fsp3) is 0.182. The second kappa shape index (κ2) is 5.51. The highest BCUT2D eigenvalue weighted by molar-refractivity contribution is 7.89. The quantitative estimate of drug-likeness (QED) is 0.854. The summed E-state index contributed by atoms with van der Waals surface area (Å²) in [4.78, 5) is 10.6. The highest BCUT2D eigenvalue weighted by Gasteiger charge is 2.16. The van der Waals surface area contributed by atoms with Crippen molar-refractivity contribution in [3.63, 3.8) is 0 Å². The molecular weight excluding hydrogens is 278 g/mol. The van der Waals surface area contributed by atoms with E-state index in [0.717, 1.165) is 10.4 Å². The zero-order valence-electron chi connectivity index (χ0n) is 9.79. The van der Waals surface area contributed by atoms with E-state index >= 15 is 0 Å². The summed E-state index contributed by atoms with van der Waals surface area (Å²) in [6.45, 7) is 0. The molecule has 5 nitrogen and oxygen atoms in total. The van der Waals surface area contributed by atoms with Crippen LogP contribution < -0.4 is 0 Å². The molecule has 1 aromatic rings. The van der Waals surface area contributed by atoms with E-state index in [1.54, 1.807) is 0 Å². The number of rotatable bonds is 4. The smallest absolute Gasteiger partial charge is 0.329 e. The van der Waals surface area contributed by atoms with Gasteiger partial charge in [0.25, 0.3) is 0 Å². The van der Waals surface area contributed by atoms with Crippen molar-refractivity contribution in [1.82, 2.24) is 4.31 Å². The van der Waals surface area contributed by atoms with Gasteiger partial charge in [0, 0.05) is 20.2 Å². The van der Waals surface area contributed by atoms with E-state index in [2.05, 4.69) is 0 Å². The van der Waals surface area contributed by atoms with Gasteiger partial charge < -0.3 is 5.11 Å². The minimum Gasteiger partial charge on any atom is -0.478 e. The van der Waals surface area contributed by atoms with E-state index in [9.17, 15) is 13.2 Å². The van der Waals surface area contributed by atoms with E-state index < -0.39 is 16.0 Å². The van der Waals surface area contributed by atoms with E-state index in [1.165, 1.54) is 38.4 Å². The molecule has 0 aliphatic rings. The Morgan fingerprint density at radius 1 is 1.28 bits per heavy atom. The Bertz CT molecular complexity index is 576. The number of hydrogen-bond acceptors (Lipinski definition) is 3. The standard InChI is InChI=1S/C11H12ClNO4S/c1-13(2)18(16,17)9-5-3-8(4-6-9)10(12)7-11(14)15/h3-7H,1-2H3,(H,14,15)/b10-7-. The molecule has 0 fully saturated rings. The van der Waals surface area contributed by atoms with E-state index in [1.807, 2.05) is 0 Å². The van der Waals surface area contributed by atoms with Crippen molar-refractivity contribution in [2.75, 3.05) is 14.1 Å². The summed E-state index contributed by atoms with van der Waals surface area (Å²) in [6.07, 6.45) is 0.844. The van der Waals surface area contributed by atoms with Crippen LogP contribution in [0, 0.1) is 0 Å². The number of benzene rings is 1. The third-order valence-electron chi connectivity index (χ3n) is 2.16. The van der Waals surface area contributed by atoms with Crippen molar-refractivity contribution in [2.24, 2.45) is 0 Å². The van der Waals surface area contributed by atoms with Crippen molar-refractivity contribution in [3.8, 4) is 0 Å². The van der Waals surface area contributed by atoms with Crippen LogP contribution in [0.25, 0.3) is 5.03 Å². The fourth-order valence-electron chi connectivity index (χ4n) is 1.19. The second-order valence-electron chi connectivity index (χ2n) is 3.64. The Hall–Kier alpha value is -1.37. The maximum absolute atomic E-state index is 11.8. The molecule has 7 heteroatoms. The average molecular weight is 290 g/mol. The summed E-state index contributed by atoms with van der Waals surface area (Å²) in [5.74, 6) is -1.16. The molecule has 0 unspecified atom stereocenters. The molecule has 1 rings (SSSR count). The molecule has 0 bridgehead atoms. The largest absolute Gasteiger partial charge is 0.478 e. The fourth-order valence-corrected chi connectivity index (χ4v) is 2.31. The van der Waals surface area contributed by atoms with Crippen molar-refractivity contribution in [1.29, 1.82) is 0 Å². The van der Waals surface area contributed by atoms with Crippen LogP contribution in [-0.2, 0) is 14.8 Å². The molecule has 0 heterocycles. The maximum Gasteiger partial charge on any atom is 0.329 e. The number of carboxylic acid groups (broad SMARTS) is 1. The van der Waals surface area contributed by atoms with Gasteiger partial charge in [0.2, 0.25) is 10.0 Å². The summed E-state index contributed by atoms with van der Waals surface area (Å²) >= 11 is 5.75. The first-order valence-electron chi connectivity index (χ1n) is 4.88. The number of sulfonamides is 1. The van der Waals surface area contributed by atoms with Crippen LogP contribution in [0.3, 0.4) is 0 Å². The third kappa shape index (κ3) is 3.32. The lowest BCUT2D eigenvalue weighted by molar-refractivity contribution is -0.131. The predicted octanol–water partition coefficient (Wildman–Crippen LogP) is 1.60. The van der Waals surface area contributed by atoms with Crippen LogP contribution in [0.15, 0.2) is 35.2 Å². The van der Waals surface area contributed by atoms with Gasteiger partial charge >= 0.3 is 5.97 Å². The highest BCUT2D eigenvalue weighted by Crippen LogP contribution is 2.21. The monoisotopic (exact) mass is 289 g/mol. The molecule has 1 N–H and O–H groups in total. The summed E-state index contributed by atoms with van der Waals surface area (Å²) in [5.41, 5.74) is 0.441. The number of nitrogens with zero attached hydrogens (tertiary/aromatic N) is 1. The molecule has 0 amide bonds. The van der Waals surface area contributed by atoms with E-state index in [4.69, 9.17) is 16.7 Å². The van der Waals surface area contributed by atoms with Crippen LogP contribution in [-0.4, -0.2) is 37.9 Å². The van der Waals surface area contributed by atoms with Gasteiger partial charge in [-0.05, 0) is 17.7 Å². The van der Waals surface area contributed by atoms with Crippen LogP contribution in [0.1, 0.15) is 5.56 Å². The first kappa shape index (κ1) is 14.7. The van der Waals surface area contributed by atoms with Gasteiger partial charge in [0.1, 0.15) is 0 Å².